The highest BCUT2D eigenvalue weighted by Gasteiger charge is 2.66. The van der Waals surface area contributed by atoms with Crippen LogP contribution in [0.25, 0.3) is 0 Å². The molecule has 0 aromatic heterocycles. The first-order chi connectivity index (χ1) is 10.3. The predicted octanol–water partition coefficient (Wildman–Crippen LogP) is 4.73. The summed E-state index contributed by atoms with van der Waals surface area (Å²) in [4.78, 5) is 0. The summed E-state index contributed by atoms with van der Waals surface area (Å²) in [5.74, 6) is 0. The van der Waals surface area contributed by atoms with Crippen LogP contribution in [0.2, 0.25) is 5.31 Å². The van der Waals surface area contributed by atoms with Crippen LogP contribution in [0.1, 0.15) is 65.4 Å². The lowest BCUT2D eigenvalue weighted by Gasteiger charge is -2.32. The average molecular weight is 298 g/mol. The zero-order valence-electron chi connectivity index (χ0n) is 14.3. The second-order valence-electron chi connectivity index (χ2n) is 8.77. The van der Waals surface area contributed by atoms with Crippen molar-refractivity contribution in [2.45, 2.75) is 81.7 Å². The molecular formula is C19H27BO2. The van der Waals surface area contributed by atoms with Gasteiger partial charge in [0.05, 0.1) is 11.2 Å². The van der Waals surface area contributed by atoms with E-state index in [9.17, 15) is 0 Å². The molecule has 0 amide bonds. The van der Waals surface area contributed by atoms with Crippen LogP contribution in [0.5, 0.6) is 0 Å². The average Bonchev–Trinajstić information content (AvgIpc) is 3.11. The van der Waals surface area contributed by atoms with Gasteiger partial charge in [0.2, 0.25) is 0 Å². The fourth-order valence-electron chi connectivity index (χ4n) is 4.85. The molecule has 1 aromatic rings. The summed E-state index contributed by atoms with van der Waals surface area (Å²) in [6.45, 7) is 8.66. The number of benzene rings is 1. The first kappa shape index (κ1) is 14.8. The van der Waals surface area contributed by atoms with Gasteiger partial charge >= 0.3 is 7.12 Å². The van der Waals surface area contributed by atoms with Gasteiger partial charge in [0.1, 0.15) is 0 Å². The molecule has 1 aromatic carbocycles. The third-order valence-corrected chi connectivity index (χ3v) is 7.03. The molecule has 0 N–H and O–H groups in total. The Labute approximate surface area is 134 Å². The highest BCUT2D eigenvalue weighted by atomic mass is 16.7. The van der Waals surface area contributed by atoms with Gasteiger partial charge in [0, 0.05) is 5.31 Å². The third-order valence-electron chi connectivity index (χ3n) is 7.03. The standard InChI is InChI=1S/C19H27BO2/c1-16(2)17(3,4)22-20(21-16)19-12-10-18(14-19,11-13-19)15-8-6-5-7-9-15/h5-9H,10-14H2,1-4H3. The Balaban J connectivity index is 1.62. The molecule has 2 nitrogen and oxygen atoms in total. The second-order valence-corrected chi connectivity index (χ2v) is 8.77. The van der Waals surface area contributed by atoms with Crippen molar-refractivity contribution < 1.29 is 9.31 Å². The van der Waals surface area contributed by atoms with E-state index in [1.54, 1.807) is 0 Å². The van der Waals surface area contributed by atoms with Crippen LogP contribution < -0.4 is 0 Å². The molecule has 3 aliphatic rings. The molecule has 0 unspecified atom stereocenters. The molecule has 2 saturated carbocycles. The lowest BCUT2D eigenvalue weighted by molar-refractivity contribution is 0.00578. The molecule has 4 rings (SSSR count). The van der Waals surface area contributed by atoms with Crippen LogP contribution in [-0.2, 0) is 14.7 Å². The first-order valence-corrected chi connectivity index (χ1v) is 8.70. The SMILES string of the molecule is CC1(C)OB(C23CCC(c4ccccc4)(CC2)C3)OC1(C)C. The summed E-state index contributed by atoms with van der Waals surface area (Å²) in [5, 5.41) is 0.223. The predicted molar refractivity (Wildman–Crippen MR) is 90.0 cm³/mol. The minimum absolute atomic E-state index is 0.0365. The van der Waals surface area contributed by atoms with Gasteiger partial charge in [0.15, 0.2) is 0 Å². The van der Waals surface area contributed by atoms with Gasteiger partial charge < -0.3 is 9.31 Å². The summed E-state index contributed by atoms with van der Waals surface area (Å²) in [5.41, 5.74) is 1.45. The topological polar surface area (TPSA) is 18.5 Å². The van der Waals surface area contributed by atoms with E-state index >= 15 is 0 Å². The van der Waals surface area contributed by atoms with E-state index in [2.05, 4.69) is 58.0 Å². The monoisotopic (exact) mass is 298 g/mol. The summed E-state index contributed by atoms with van der Waals surface area (Å²) in [7, 11) is -0.0365. The van der Waals surface area contributed by atoms with Crippen molar-refractivity contribution in [2.24, 2.45) is 0 Å². The molecule has 118 valence electrons. The van der Waals surface area contributed by atoms with E-state index < -0.39 is 0 Å². The molecule has 3 heteroatoms. The van der Waals surface area contributed by atoms with Crippen LogP contribution in [0, 0.1) is 0 Å². The highest BCUT2D eigenvalue weighted by molar-refractivity contribution is 6.50. The number of hydrogen-bond acceptors (Lipinski definition) is 2. The van der Waals surface area contributed by atoms with Crippen molar-refractivity contribution in [3.63, 3.8) is 0 Å². The maximum Gasteiger partial charge on any atom is 0.464 e. The maximum atomic E-state index is 6.43. The Hall–Kier alpha value is -0.795. The van der Waals surface area contributed by atoms with Crippen molar-refractivity contribution in [3.8, 4) is 0 Å². The molecule has 1 saturated heterocycles. The quantitative estimate of drug-likeness (QED) is 0.735. The summed E-state index contributed by atoms with van der Waals surface area (Å²) >= 11 is 0. The summed E-state index contributed by atoms with van der Waals surface area (Å²) in [6.07, 6.45) is 6.25. The van der Waals surface area contributed by atoms with Crippen LogP contribution in [0.4, 0.5) is 0 Å². The largest absolute Gasteiger partial charge is 0.464 e. The Morgan fingerprint density at radius 3 is 1.91 bits per heavy atom. The summed E-state index contributed by atoms with van der Waals surface area (Å²) < 4.78 is 12.9. The molecule has 1 aliphatic heterocycles. The van der Waals surface area contributed by atoms with Crippen LogP contribution in [-0.4, -0.2) is 18.3 Å². The van der Waals surface area contributed by atoms with E-state index in [0.29, 0.717) is 5.41 Å². The lowest BCUT2D eigenvalue weighted by atomic mass is 9.55. The van der Waals surface area contributed by atoms with Crippen LogP contribution >= 0.6 is 0 Å². The number of hydrogen-bond donors (Lipinski definition) is 0. The number of rotatable bonds is 2. The van der Waals surface area contributed by atoms with E-state index in [1.807, 2.05) is 0 Å². The van der Waals surface area contributed by atoms with Crippen molar-refractivity contribution in [1.29, 1.82) is 0 Å². The molecule has 2 aliphatic carbocycles. The zero-order valence-corrected chi connectivity index (χ0v) is 14.3. The van der Waals surface area contributed by atoms with Crippen LogP contribution in [0.3, 0.4) is 0 Å². The molecule has 3 fully saturated rings. The van der Waals surface area contributed by atoms with E-state index in [0.717, 1.165) is 0 Å². The fourth-order valence-corrected chi connectivity index (χ4v) is 4.85. The van der Waals surface area contributed by atoms with Crippen molar-refractivity contribution in [2.75, 3.05) is 0 Å². The maximum absolute atomic E-state index is 6.43. The third kappa shape index (κ3) is 1.88. The molecule has 0 spiro atoms. The van der Waals surface area contributed by atoms with Gasteiger partial charge in [-0.25, -0.2) is 0 Å². The number of fused-ring (bicyclic) bond motifs is 2. The summed E-state index contributed by atoms with van der Waals surface area (Å²) in [6, 6.07) is 11.1. The first-order valence-electron chi connectivity index (χ1n) is 8.70. The normalized spacial score (nSPS) is 38.6. The fraction of sp³-hybridized carbons (Fsp3) is 0.684. The molecular weight excluding hydrogens is 271 g/mol. The minimum atomic E-state index is -0.215. The minimum Gasteiger partial charge on any atom is -0.403 e. The van der Waals surface area contributed by atoms with E-state index in [1.165, 1.54) is 37.7 Å². The zero-order chi connectivity index (χ0) is 15.6. The Bertz CT molecular complexity index is 554. The molecule has 0 atom stereocenters. The van der Waals surface area contributed by atoms with Crippen molar-refractivity contribution in [1.82, 2.24) is 0 Å². The smallest absolute Gasteiger partial charge is 0.403 e. The lowest BCUT2D eigenvalue weighted by Crippen LogP contribution is -2.41. The molecule has 1 heterocycles. The highest BCUT2D eigenvalue weighted by Crippen LogP contribution is 2.69. The van der Waals surface area contributed by atoms with E-state index in [-0.39, 0.29) is 23.6 Å². The molecule has 0 radical (unpaired) electrons. The van der Waals surface area contributed by atoms with Gasteiger partial charge in [-0.1, -0.05) is 30.3 Å². The second kappa shape index (κ2) is 4.39. The molecule has 2 bridgehead atoms. The van der Waals surface area contributed by atoms with Crippen LogP contribution in [0.15, 0.2) is 30.3 Å². The Morgan fingerprint density at radius 2 is 1.36 bits per heavy atom. The van der Waals surface area contributed by atoms with Gasteiger partial charge in [0.25, 0.3) is 0 Å². The van der Waals surface area contributed by atoms with Gasteiger partial charge in [-0.2, -0.15) is 0 Å². The van der Waals surface area contributed by atoms with Gasteiger partial charge in [-0.05, 0) is 70.8 Å². The van der Waals surface area contributed by atoms with E-state index in [4.69, 9.17) is 9.31 Å². The van der Waals surface area contributed by atoms with Gasteiger partial charge in [-0.3, -0.25) is 0 Å². The Kier molecular flexibility index (Phi) is 2.95. The molecule has 22 heavy (non-hydrogen) atoms. The van der Waals surface area contributed by atoms with Gasteiger partial charge in [-0.15, -0.1) is 0 Å². The Morgan fingerprint density at radius 1 is 0.818 bits per heavy atom. The van der Waals surface area contributed by atoms with Crippen molar-refractivity contribution >= 4 is 7.12 Å². The van der Waals surface area contributed by atoms with Crippen molar-refractivity contribution in [3.05, 3.63) is 35.9 Å².